The second-order valence-corrected chi connectivity index (χ2v) is 6.05. The Kier molecular flexibility index (Phi) is 4.35. The highest BCUT2D eigenvalue weighted by Gasteiger charge is 2.12. The molecule has 1 N–H and O–H groups in total. The summed E-state index contributed by atoms with van der Waals surface area (Å²) < 4.78 is 1.05. The maximum Gasteiger partial charge on any atom is 0.173 e. The van der Waals surface area contributed by atoms with Gasteiger partial charge < -0.3 is 5.32 Å². The van der Waals surface area contributed by atoms with Gasteiger partial charge in [-0.05, 0) is 40.2 Å². The summed E-state index contributed by atoms with van der Waals surface area (Å²) in [7, 11) is 0. The van der Waals surface area contributed by atoms with Crippen LogP contribution in [-0.2, 0) is 0 Å². The van der Waals surface area contributed by atoms with Gasteiger partial charge in [-0.3, -0.25) is 0 Å². The molecule has 0 bridgehead atoms. The average molecular weight is 326 g/mol. The first-order chi connectivity index (χ1) is 8.61. The van der Waals surface area contributed by atoms with Gasteiger partial charge in [0.2, 0.25) is 0 Å². The van der Waals surface area contributed by atoms with Crippen molar-refractivity contribution in [3.05, 3.63) is 27.7 Å². The zero-order chi connectivity index (χ0) is 13.1. The monoisotopic (exact) mass is 325 g/mol. The van der Waals surface area contributed by atoms with Gasteiger partial charge in [0, 0.05) is 22.8 Å². The fourth-order valence-electron chi connectivity index (χ4n) is 1.59. The number of anilines is 1. The fraction of sp³-hybridized carbons (Fsp3) is 0.385. The summed E-state index contributed by atoms with van der Waals surface area (Å²) in [4.78, 5) is 10.3. The maximum absolute atomic E-state index is 4.65. The number of rotatable bonds is 4. The molecule has 0 atom stereocenters. The Balaban J connectivity index is 2.50. The van der Waals surface area contributed by atoms with Crippen LogP contribution in [0.25, 0.3) is 10.7 Å². The van der Waals surface area contributed by atoms with Crippen molar-refractivity contribution in [2.45, 2.75) is 26.7 Å². The molecule has 0 fully saturated rings. The molecule has 3 nitrogen and oxygen atoms in total. The molecule has 0 unspecified atom stereocenters. The topological polar surface area (TPSA) is 37.8 Å². The lowest BCUT2D eigenvalue weighted by atomic mass is 10.1. The van der Waals surface area contributed by atoms with Gasteiger partial charge in [-0.25, -0.2) is 9.97 Å². The molecule has 0 saturated heterocycles. The number of thiophene rings is 1. The van der Waals surface area contributed by atoms with Gasteiger partial charge >= 0.3 is 0 Å². The van der Waals surface area contributed by atoms with Crippen molar-refractivity contribution in [1.82, 2.24) is 9.97 Å². The molecule has 2 aromatic heterocycles. The Morgan fingerprint density at radius 1 is 1.39 bits per heavy atom. The van der Waals surface area contributed by atoms with Gasteiger partial charge in [-0.2, -0.15) is 0 Å². The Morgan fingerprint density at radius 2 is 2.17 bits per heavy atom. The normalized spacial score (nSPS) is 10.9. The van der Waals surface area contributed by atoms with Crippen LogP contribution < -0.4 is 5.32 Å². The third-order valence-corrected chi connectivity index (χ3v) is 4.35. The Labute approximate surface area is 120 Å². The van der Waals surface area contributed by atoms with Crippen LogP contribution in [0, 0.1) is 0 Å². The summed E-state index contributed by atoms with van der Waals surface area (Å²) in [6.07, 6.45) is 0. The van der Waals surface area contributed by atoms with E-state index in [0.29, 0.717) is 5.92 Å². The van der Waals surface area contributed by atoms with Gasteiger partial charge in [-0.1, -0.05) is 13.8 Å². The van der Waals surface area contributed by atoms with Crippen molar-refractivity contribution < 1.29 is 0 Å². The van der Waals surface area contributed by atoms with Gasteiger partial charge in [0.1, 0.15) is 5.82 Å². The highest BCUT2D eigenvalue weighted by atomic mass is 79.9. The number of nitrogens with zero attached hydrogens (tertiary/aromatic N) is 2. The van der Waals surface area contributed by atoms with Crippen LogP contribution in [0.2, 0.25) is 0 Å². The van der Waals surface area contributed by atoms with E-state index in [1.54, 1.807) is 11.3 Å². The van der Waals surface area contributed by atoms with Gasteiger partial charge in [0.15, 0.2) is 5.82 Å². The molecule has 2 aromatic rings. The van der Waals surface area contributed by atoms with Crippen molar-refractivity contribution >= 4 is 33.1 Å². The lowest BCUT2D eigenvalue weighted by Crippen LogP contribution is -2.04. The predicted octanol–water partition coefficient (Wildman–Crippen LogP) is 4.52. The summed E-state index contributed by atoms with van der Waals surface area (Å²) in [6, 6.07) is 4.05. The number of hydrogen-bond acceptors (Lipinski definition) is 4. The molecule has 0 amide bonds. The van der Waals surface area contributed by atoms with E-state index in [-0.39, 0.29) is 0 Å². The van der Waals surface area contributed by atoms with E-state index in [0.717, 1.165) is 33.2 Å². The first kappa shape index (κ1) is 13.5. The first-order valence-corrected chi connectivity index (χ1v) is 7.65. The molecular weight excluding hydrogens is 310 g/mol. The second kappa shape index (κ2) is 5.80. The molecule has 5 heteroatoms. The van der Waals surface area contributed by atoms with E-state index in [2.05, 4.69) is 52.0 Å². The second-order valence-electron chi connectivity index (χ2n) is 4.28. The highest BCUT2D eigenvalue weighted by molar-refractivity contribution is 9.10. The zero-order valence-electron chi connectivity index (χ0n) is 10.7. The predicted molar refractivity (Wildman–Crippen MR) is 81.3 cm³/mol. The smallest absolute Gasteiger partial charge is 0.173 e. The summed E-state index contributed by atoms with van der Waals surface area (Å²) in [6.45, 7) is 7.22. The highest BCUT2D eigenvalue weighted by Crippen LogP contribution is 2.32. The van der Waals surface area contributed by atoms with Crippen molar-refractivity contribution in [2.24, 2.45) is 0 Å². The van der Waals surface area contributed by atoms with E-state index in [4.69, 9.17) is 0 Å². The molecule has 0 spiro atoms. The molecule has 2 rings (SSSR count). The first-order valence-electron chi connectivity index (χ1n) is 5.98. The van der Waals surface area contributed by atoms with E-state index < -0.39 is 0 Å². The summed E-state index contributed by atoms with van der Waals surface area (Å²) in [5.74, 6) is 2.08. The SMILES string of the molecule is CCNc1cc(C(C)C)nc(-c2sccc2Br)n1. The quantitative estimate of drug-likeness (QED) is 0.897. The summed E-state index contributed by atoms with van der Waals surface area (Å²) in [5, 5.41) is 5.30. The summed E-state index contributed by atoms with van der Waals surface area (Å²) >= 11 is 5.19. The third-order valence-electron chi connectivity index (χ3n) is 2.52. The number of hydrogen-bond donors (Lipinski definition) is 1. The zero-order valence-corrected chi connectivity index (χ0v) is 13.1. The Morgan fingerprint density at radius 3 is 2.72 bits per heavy atom. The number of halogens is 1. The molecular formula is C13H16BrN3S. The lowest BCUT2D eigenvalue weighted by molar-refractivity contribution is 0.817. The number of aromatic nitrogens is 2. The maximum atomic E-state index is 4.65. The molecule has 0 radical (unpaired) electrons. The standard InChI is InChI=1S/C13H16BrN3S/c1-4-15-11-7-10(8(2)3)16-13(17-11)12-9(14)5-6-18-12/h5-8H,4H2,1-3H3,(H,15,16,17). The van der Waals surface area contributed by atoms with Crippen LogP contribution in [0.1, 0.15) is 32.4 Å². The minimum atomic E-state index is 0.392. The van der Waals surface area contributed by atoms with E-state index in [1.165, 1.54) is 0 Å². The number of nitrogens with one attached hydrogen (secondary N) is 1. The van der Waals surface area contributed by atoms with Crippen LogP contribution in [-0.4, -0.2) is 16.5 Å². The van der Waals surface area contributed by atoms with E-state index in [9.17, 15) is 0 Å². The van der Waals surface area contributed by atoms with Gasteiger partial charge in [0.25, 0.3) is 0 Å². The fourth-order valence-corrected chi connectivity index (χ4v) is 3.07. The van der Waals surface area contributed by atoms with Crippen LogP contribution >= 0.6 is 27.3 Å². The molecule has 18 heavy (non-hydrogen) atoms. The van der Waals surface area contributed by atoms with Gasteiger partial charge in [0.05, 0.1) is 4.88 Å². The van der Waals surface area contributed by atoms with Crippen LogP contribution in [0.5, 0.6) is 0 Å². The molecule has 0 aromatic carbocycles. The molecule has 0 aliphatic carbocycles. The molecule has 0 aliphatic heterocycles. The average Bonchev–Trinajstić information content (AvgIpc) is 2.75. The lowest BCUT2D eigenvalue weighted by Gasteiger charge is -2.10. The van der Waals surface area contributed by atoms with Crippen LogP contribution in [0.4, 0.5) is 5.82 Å². The largest absolute Gasteiger partial charge is 0.370 e. The van der Waals surface area contributed by atoms with Crippen LogP contribution in [0.3, 0.4) is 0 Å². The van der Waals surface area contributed by atoms with Crippen molar-refractivity contribution in [1.29, 1.82) is 0 Å². The Hall–Kier alpha value is -0.940. The van der Waals surface area contributed by atoms with E-state index in [1.807, 2.05) is 17.5 Å². The molecule has 2 heterocycles. The van der Waals surface area contributed by atoms with Gasteiger partial charge in [-0.15, -0.1) is 11.3 Å². The molecule has 0 aliphatic rings. The van der Waals surface area contributed by atoms with E-state index >= 15 is 0 Å². The third kappa shape index (κ3) is 2.90. The molecule has 96 valence electrons. The minimum Gasteiger partial charge on any atom is -0.370 e. The minimum absolute atomic E-state index is 0.392. The Bertz CT molecular complexity index is 537. The van der Waals surface area contributed by atoms with Crippen molar-refractivity contribution in [2.75, 3.05) is 11.9 Å². The van der Waals surface area contributed by atoms with Crippen molar-refractivity contribution in [3.8, 4) is 10.7 Å². The molecule has 0 saturated carbocycles. The summed E-state index contributed by atoms with van der Waals surface area (Å²) in [5.41, 5.74) is 1.07. The van der Waals surface area contributed by atoms with Crippen LogP contribution in [0.15, 0.2) is 22.0 Å². The van der Waals surface area contributed by atoms with Crippen molar-refractivity contribution in [3.63, 3.8) is 0 Å².